The van der Waals surface area contributed by atoms with Crippen molar-refractivity contribution >= 4 is 23.9 Å². The molecule has 0 unspecified atom stereocenters. The third kappa shape index (κ3) is 3.98. The highest BCUT2D eigenvalue weighted by atomic mass is 16.7. The summed E-state index contributed by atoms with van der Waals surface area (Å²) in [5.41, 5.74) is 0.156. The Labute approximate surface area is 129 Å². The first-order chi connectivity index (χ1) is 10.6. The van der Waals surface area contributed by atoms with Gasteiger partial charge in [0, 0.05) is 12.7 Å². The Morgan fingerprint density at radius 1 is 1.45 bits per heavy atom. The van der Waals surface area contributed by atoms with E-state index in [0.29, 0.717) is 13.2 Å². The lowest BCUT2D eigenvalue weighted by Gasteiger charge is -2.23. The number of hydrogen-bond acceptors (Lipinski definition) is 5. The van der Waals surface area contributed by atoms with Crippen molar-refractivity contribution in [1.29, 1.82) is 0 Å². The van der Waals surface area contributed by atoms with Crippen LogP contribution >= 0.6 is 0 Å². The van der Waals surface area contributed by atoms with E-state index in [4.69, 9.17) is 4.84 Å². The number of aromatic nitrogens is 1. The molecule has 1 aromatic heterocycles. The van der Waals surface area contributed by atoms with Crippen LogP contribution in [0.2, 0.25) is 0 Å². The minimum atomic E-state index is -0.546. The molecule has 7 heteroatoms. The van der Waals surface area contributed by atoms with Crippen LogP contribution < -0.4 is 4.90 Å². The topological polar surface area (TPSA) is 79.8 Å². The summed E-state index contributed by atoms with van der Waals surface area (Å²) in [5.74, 6) is -0.922. The van der Waals surface area contributed by atoms with E-state index in [1.165, 1.54) is 17.3 Å². The molecule has 0 saturated heterocycles. The average Bonchev–Trinajstić information content (AvgIpc) is 2.56. The van der Waals surface area contributed by atoms with E-state index in [0.717, 1.165) is 11.0 Å². The zero-order valence-corrected chi connectivity index (χ0v) is 12.6. The van der Waals surface area contributed by atoms with Crippen LogP contribution in [-0.4, -0.2) is 47.8 Å². The molecule has 117 valence electrons. The summed E-state index contributed by atoms with van der Waals surface area (Å²) in [6.07, 6.45) is 4.10. The summed E-state index contributed by atoms with van der Waals surface area (Å²) < 4.78 is 0. The maximum atomic E-state index is 12.5. The molecular formula is C15H18N3O4. The number of anilines is 1. The molecule has 0 bridgehead atoms. The predicted molar refractivity (Wildman–Crippen MR) is 80.8 cm³/mol. The molecule has 1 radical (unpaired) electrons. The number of nitrogens with zero attached hydrogens (tertiary/aromatic N) is 3. The number of rotatable bonds is 8. The van der Waals surface area contributed by atoms with E-state index in [1.54, 1.807) is 26.2 Å². The van der Waals surface area contributed by atoms with Gasteiger partial charge in [0.2, 0.25) is 6.29 Å². The van der Waals surface area contributed by atoms with Crippen LogP contribution in [0.5, 0.6) is 0 Å². The molecule has 2 amide bonds. The van der Waals surface area contributed by atoms with Crippen molar-refractivity contribution in [2.45, 2.75) is 13.8 Å². The quantitative estimate of drug-likeness (QED) is 0.531. The number of carbonyl (C=O) groups excluding carboxylic acids is 3. The van der Waals surface area contributed by atoms with Gasteiger partial charge in [0.1, 0.15) is 5.82 Å². The largest absolute Gasteiger partial charge is 0.289 e. The zero-order chi connectivity index (χ0) is 16.5. The number of carbonyl (C=O) groups is 2. The molecule has 0 aliphatic carbocycles. The van der Waals surface area contributed by atoms with Crippen LogP contribution in [0.4, 0.5) is 5.82 Å². The summed E-state index contributed by atoms with van der Waals surface area (Å²) in [7, 11) is 0. The molecule has 22 heavy (non-hydrogen) atoms. The summed E-state index contributed by atoms with van der Waals surface area (Å²) in [4.78, 5) is 45.4. The first kappa shape index (κ1) is 17.5. The van der Waals surface area contributed by atoms with E-state index in [1.807, 2.05) is 0 Å². The highest BCUT2D eigenvalue weighted by Crippen LogP contribution is 2.19. The summed E-state index contributed by atoms with van der Waals surface area (Å²) in [5, 5.41) is 1.17. The lowest BCUT2D eigenvalue weighted by atomic mass is 10.2. The Morgan fingerprint density at radius 3 is 2.73 bits per heavy atom. The van der Waals surface area contributed by atoms with Crippen LogP contribution in [0.15, 0.2) is 31.0 Å². The lowest BCUT2D eigenvalue weighted by molar-refractivity contribution is -0.115. The summed E-state index contributed by atoms with van der Waals surface area (Å²) in [6.45, 7) is 7.21. The van der Waals surface area contributed by atoms with Crippen molar-refractivity contribution in [3.63, 3.8) is 0 Å². The van der Waals surface area contributed by atoms with Crippen molar-refractivity contribution in [2.75, 3.05) is 24.6 Å². The molecule has 0 aliphatic rings. The molecule has 1 heterocycles. The molecule has 0 aliphatic heterocycles. The smallest absolute Gasteiger partial charge is 0.281 e. The molecule has 0 saturated carbocycles. The fraction of sp³-hybridized carbons (Fsp3) is 0.333. The zero-order valence-electron chi connectivity index (χ0n) is 12.6. The Balaban J connectivity index is 3.26. The minimum absolute atomic E-state index is 0.0684. The maximum Gasteiger partial charge on any atom is 0.281 e. The van der Waals surface area contributed by atoms with Gasteiger partial charge < -0.3 is 0 Å². The van der Waals surface area contributed by atoms with E-state index >= 15 is 0 Å². The van der Waals surface area contributed by atoms with E-state index in [2.05, 4.69) is 11.6 Å². The number of hydroxylamine groups is 2. The highest BCUT2D eigenvalue weighted by molar-refractivity contribution is 6.07. The van der Waals surface area contributed by atoms with E-state index < -0.39 is 11.8 Å². The molecule has 7 nitrogen and oxygen atoms in total. The van der Waals surface area contributed by atoms with Gasteiger partial charge in [-0.1, -0.05) is 6.58 Å². The van der Waals surface area contributed by atoms with Gasteiger partial charge in [-0.05, 0) is 32.1 Å². The first-order valence-electron chi connectivity index (χ1n) is 6.79. The number of hydrogen-bond donors (Lipinski definition) is 0. The van der Waals surface area contributed by atoms with Crippen molar-refractivity contribution in [2.24, 2.45) is 0 Å². The van der Waals surface area contributed by atoms with Gasteiger partial charge in [0.25, 0.3) is 11.8 Å². The Hall–Kier alpha value is -2.54. The molecular weight excluding hydrogens is 286 g/mol. The Morgan fingerprint density at radius 2 is 2.18 bits per heavy atom. The second-order valence-corrected chi connectivity index (χ2v) is 4.07. The first-order valence-corrected chi connectivity index (χ1v) is 6.79. The van der Waals surface area contributed by atoms with Crippen LogP contribution in [-0.2, 0) is 14.4 Å². The van der Waals surface area contributed by atoms with E-state index in [-0.39, 0.29) is 17.9 Å². The van der Waals surface area contributed by atoms with Gasteiger partial charge >= 0.3 is 0 Å². The van der Waals surface area contributed by atoms with Gasteiger partial charge in [-0.3, -0.25) is 24.1 Å². The Kier molecular flexibility index (Phi) is 6.91. The standard InChI is InChI=1S/C15H18N3O4/c1-4-13(20)17(10-11-19)14-12(8-7-9-16-14)15(21)18(5-2)22-6-3/h4,7-9H,1,5-6,10H2,2-3H3. The SMILES string of the molecule is C=CC(=O)N(C[C]=O)c1ncccc1C(=O)N(CC)OCC. The van der Waals surface area contributed by atoms with Gasteiger partial charge in [0.15, 0.2) is 0 Å². The molecule has 1 rings (SSSR count). The molecule has 0 aromatic carbocycles. The van der Waals surface area contributed by atoms with Crippen LogP contribution in [0, 0.1) is 0 Å². The van der Waals surface area contributed by atoms with Crippen molar-refractivity contribution in [3.8, 4) is 0 Å². The van der Waals surface area contributed by atoms with Gasteiger partial charge in [0.05, 0.1) is 18.7 Å². The molecule has 0 spiro atoms. The van der Waals surface area contributed by atoms with Crippen LogP contribution in [0.25, 0.3) is 0 Å². The third-order valence-electron chi connectivity index (χ3n) is 2.73. The molecule has 0 atom stereocenters. The second kappa shape index (κ2) is 8.68. The van der Waals surface area contributed by atoms with Gasteiger partial charge in [-0.15, -0.1) is 0 Å². The second-order valence-electron chi connectivity index (χ2n) is 4.07. The lowest BCUT2D eigenvalue weighted by Crippen LogP contribution is -2.36. The van der Waals surface area contributed by atoms with E-state index in [9.17, 15) is 14.4 Å². The molecule has 1 aromatic rings. The summed E-state index contributed by atoms with van der Waals surface area (Å²) >= 11 is 0. The van der Waals surface area contributed by atoms with Gasteiger partial charge in [-0.25, -0.2) is 10.0 Å². The monoisotopic (exact) mass is 304 g/mol. The fourth-order valence-electron chi connectivity index (χ4n) is 1.79. The minimum Gasteiger partial charge on any atom is -0.289 e. The van der Waals surface area contributed by atoms with Crippen LogP contribution in [0.1, 0.15) is 24.2 Å². The van der Waals surface area contributed by atoms with Gasteiger partial charge in [-0.2, -0.15) is 0 Å². The summed E-state index contributed by atoms with van der Waals surface area (Å²) in [6, 6.07) is 3.08. The normalized spacial score (nSPS) is 9.91. The van der Waals surface area contributed by atoms with Crippen molar-refractivity contribution < 1.29 is 19.2 Å². The molecule has 0 fully saturated rings. The number of pyridine rings is 1. The molecule has 0 N–H and O–H groups in total. The van der Waals surface area contributed by atoms with Crippen LogP contribution in [0.3, 0.4) is 0 Å². The van der Waals surface area contributed by atoms with Crippen molar-refractivity contribution in [1.82, 2.24) is 10.0 Å². The average molecular weight is 304 g/mol. The maximum absolute atomic E-state index is 12.5. The predicted octanol–water partition coefficient (Wildman–Crippen LogP) is 1.12. The third-order valence-corrected chi connectivity index (χ3v) is 2.73. The number of amides is 2. The Bertz CT molecular complexity index is 559. The highest BCUT2D eigenvalue weighted by Gasteiger charge is 2.24. The fourth-order valence-corrected chi connectivity index (χ4v) is 1.79. The van der Waals surface area contributed by atoms with Crippen molar-refractivity contribution in [3.05, 3.63) is 36.5 Å².